The lowest BCUT2D eigenvalue weighted by atomic mass is 10.1. The number of halogens is 2. The summed E-state index contributed by atoms with van der Waals surface area (Å²) in [4.78, 5) is 24.8. The predicted molar refractivity (Wildman–Crippen MR) is 114 cm³/mol. The minimum Gasteiger partial charge on any atom is -0.463 e. The summed E-state index contributed by atoms with van der Waals surface area (Å²) >= 11 is 5.89. The lowest BCUT2D eigenvalue weighted by Gasteiger charge is -2.05. The van der Waals surface area contributed by atoms with E-state index >= 15 is 0 Å². The first-order valence-electron chi connectivity index (χ1n) is 8.96. The highest BCUT2D eigenvalue weighted by Crippen LogP contribution is 2.24. The van der Waals surface area contributed by atoms with Crippen molar-refractivity contribution >= 4 is 34.6 Å². The quantitative estimate of drug-likeness (QED) is 0.235. The summed E-state index contributed by atoms with van der Waals surface area (Å²) in [5.74, 6) is -0.732. The van der Waals surface area contributed by atoms with Gasteiger partial charge in [-0.2, -0.15) is 0 Å². The Kier molecular flexibility index (Phi) is 5.46. The van der Waals surface area contributed by atoms with Crippen LogP contribution in [0.5, 0.6) is 5.75 Å². The van der Waals surface area contributed by atoms with Crippen LogP contribution in [-0.2, 0) is 4.79 Å². The van der Waals surface area contributed by atoms with Gasteiger partial charge in [-0.1, -0.05) is 35.9 Å². The van der Waals surface area contributed by atoms with E-state index in [1.54, 1.807) is 42.5 Å². The molecule has 4 aromatic rings. The van der Waals surface area contributed by atoms with Crippen LogP contribution in [0.3, 0.4) is 0 Å². The Morgan fingerprint density at radius 1 is 1.00 bits per heavy atom. The van der Waals surface area contributed by atoms with Crippen molar-refractivity contribution in [3.05, 3.63) is 106 Å². The van der Waals surface area contributed by atoms with Crippen LogP contribution in [0.4, 0.5) is 4.39 Å². The van der Waals surface area contributed by atoms with E-state index in [0.29, 0.717) is 32.7 Å². The molecular weight excluding hydrogens is 407 g/mol. The van der Waals surface area contributed by atoms with Crippen molar-refractivity contribution < 1.29 is 18.3 Å². The molecule has 4 nitrogen and oxygen atoms in total. The monoisotopic (exact) mass is 420 g/mol. The van der Waals surface area contributed by atoms with Gasteiger partial charge in [0.2, 0.25) is 0 Å². The average Bonchev–Trinajstić information content (AvgIpc) is 2.74. The van der Waals surface area contributed by atoms with Crippen molar-refractivity contribution in [2.24, 2.45) is 0 Å². The molecule has 0 spiro atoms. The maximum Gasteiger partial charge on any atom is 0.336 e. The Balaban J connectivity index is 1.55. The van der Waals surface area contributed by atoms with Gasteiger partial charge < -0.3 is 9.15 Å². The molecule has 0 unspecified atom stereocenters. The number of carbonyl (C=O) groups is 1. The third-order valence-electron chi connectivity index (χ3n) is 4.40. The Morgan fingerprint density at radius 2 is 1.73 bits per heavy atom. The van der Waals surface area contributed by atoms with Crippen molar-refractivity contribution in [1.29, 1.82) is 0 Å². The summed E-state index contributed by atoms with van der Waals surface area (Å²) in [6.45, 7) is 0. The van der Waals surface area contributed by atoms with E-state index in [-0.39, 0.29) is 17.0 Å². The fourth-order valence-corrected chi connectivity index (χ4v) is 3.02. The Bertz CT molecular complexity index is 1310. The number of esters is 1. The molecule has 0 aliphatic rings. The fourth-order valence-electron chi connectivity index (χ4n) is 2.89. The number of ether oxygens (including phenoxy) is 1. The Hall–Kier alpha value is -3.70. The number of hydrogen-bond donors (Lipinski definition) is 0. The largest absolute Gasteiger partial charge is 0.463 e. The highest BCUT2D eigenvalue weighted by molar-refractivity contribution is 6.30. The first kappa shape index (κ1) is 19.6. The van der Waals surface area contributed by atoms with Gasteiger partial charge in [-0.05, 0) is 53.6 Å². The molecule has 148 valence electrons. The molecular formula is C24H14ClFO4. The van der Waals surface area contributed by atoms with E-state index in [1.807, 2.05) is 0 Å². The third kappa shape index (κ3) is 4.31. The van der Waals surface area contributed by atoms with E-state index in [4.69, 9.17) is 20.8 Å². The van der Waals surface area contributed by atoms with Gasteiger partial charge in [0.1, 0.15) is 23.4 Å². The first-order chi connectivity index (χ1) is 14.5. The fraction of sp³-hybridized carbons (Fsp3) is 0. The second-order valence-electron chi connectivity index (χ2n) is 6.45. The van der Waals surface area contributed by atoms with Crippen molar-refractivity contribution in [1.82, 2.24) is 0 Å². The van der Waals surface area contributed by atoms with Crippen LogP contribution in [0.1, 0.15) is 5.56 Å². The topological polar surface area (TPSA) is 56.5 Å². The number of rotatable bonds is 4. The van der Waals surface area contributed by atoms with Gasteiger partial charge in [-0.25, -0.2) is 9.18 Å². The SMILES string of the molecule is O=C(C=Cc1ccc(F)cc1)Oc1ccc2c(=O)c(-c3ccc(Cl)cc3)coc2c1. The van der Waals surface area contributed by atoms with Gasteiger partial charge in [0.05, 0.1) is 10.9 Å². The molecule has 6 heteroatoms. The van der Waals surface area contributed by atoms with E-state index in [2.05, 4.69) is 0 Å². The Morgan fingerprint density at radius 3 is 2.47 bits per heavy atom. The summed E-state index contributed by atoms with van der Waals surface area (Å²) in [6, 6.07) is 17.1. The molecule has 4 rings (SSSR count). The van der Waals surface area contributed by atoms with Crippen molar-refractivity contribution in [3.8, 4) is 16.9 Å². The molecule has 1 aromatic heterocycles. The van der Waals surface area contributed by atoms with E-state index < -0.39 is 5.97 Å². The maximum atomic E-state index is 12.9. The number of hydrogen-bond acceptors (Lipinski definition) is 4. The minimum atomic E-state index is -0.612. The molecule has 0 saturated heterocycles. The standard InChI is InChI=1S/C24H14ClFO4/c25-17-6-4-16(5-7-17)21-14-29-22-13-19(10-11-20(22)24(21)28)30-23(27)12-3-15-1-8-18(26)9-2-15/h1-14H. The van der Waals surface area contributed by atoms with Crippen LogP contribution in [0.15, 0.2) is 88.3 Å². The molecule has 0 fully saturated rings. The van der Waals surface area contributed by atoms with Crippen molar-refractivity contribution in [2.45, 2.75) is 0 Å². The highest BCUT2D eigenvalue weighted by atomic mass is 35.5. The van der Waals surface area contributed by atoms with Crippen molar-refractivity contribution in [3.63, 3.8) is 0 Å². The molecule has 0 bridgehead atoms. The summed E-state index contributed by atoms with van der Waals surface area (Å²) in [5, 5.41) is 0.938. The maximum absolute atomic E-state index is 12.9. The molecule has 0 aliphatic carbocycles. The minimum absolute atomic E-state index is 0.201. The van der Waals surface area contributed by atoms with Gasteiger partial charge >= 0.3 is 5.97 Å². The van der Waals surface area contributed by atoms with Gasteiger partial charge in [0.25, 0.3) is 0 Å². The normalized spacial score (nSPS) is 11.1. The molecule has 1 heterocycles. The van der Waals surface area contributed by atoms with Gasteiger partial charge in [-0.15, -0.1) is 0 Å². The number of carbonyl (C=O) groups excluding carboxylic acids is 1. The van der Waals surface area contributed by atoms with E-state index in [0.717, 1.165) is 0 Å². The predicted octanol–water partition coefficient (Wildman–Crippen LogP) is 5.87. The van der Waals surface area contributed by atoms with Gasteiger partial charge in [0, 0.05) is 17.2 Å². The first-order valence-corrected chi connectivity index (χ1v) is 9.34. The second-order valence-corrected chi connectivity index (χ2v) is 6.89. The van der Waals surface area contributed by atoms with Crippen LogP contribution in [-0.4, -0.2) is 5.97 Å². The highest BCUT2D eigenvalue weighted by Gasteiger charge is 2.11. The number of benzene rings is 3. The summed E-state index contributed by atoms with van der Waals surface area (Å²) < 4.78 is 23.8. The molecule has 3 aromatic carbocycles. The van der Waals surface area contributed by atoms with Crippen LogP contribution in [0.2, 0.25) is 5.02 Å². The molecule has 0 saturated carbocycles. The van der Waals surface area contributed by atoms with Gasteiger partial charge in [0.15, 0.2) is 5.43 Å². The van der Waals surface area contributed by atoms with Crippen molar-refractivity contribution in [2.75, 3.05) is 0 Å². The van der Waals surface area contributed by atoms with E-state index in [1.165, 1.54) is 42.7 Å². The molecule has 30 heavy (non-hydrogen) atoms. The second kappa shape index (κ2) is 8.35. The van der Waals surface area contributed by atoms with E-state index in [9.17, 15) is 14.0 Å². The smallest absolute Gasteiger partial charge is 0.336 e. The zero-order chi connectivity index (χ0) is 21.1. The summed E-state index contributed by atoms with van der Waals surface area (Å²) in [5.41, 5.74) is 1.85. The molecule has 0 atom stereocenters. The molecule has 0 amide bonds. The van der Waals surface area contributed by atoms with Crippen LogP contribution < -0.4 is 10.2 Å². The average molecular weight is 421 g/mol. The lowest BCUT2D eigenvalue weighted by molar-refractivity contribution is -0.128. The zero-order valence-electron chi connectivity index (χ0n) is 15.5. The molecule has 0 radical (unpaired) electrons. The third-order valence-corrected chi connectivity index (χ3v) is 4.65. The zero-order valence-corrected chi connectivity index (χ0v) is 16.2. The summed E-state index contributed by atoms with van der Waals surface area (Å²) in [7, 11) is 0. The van der Waals surface area contributed by atoms with Crippen LogP contribution in [0, 0.1) is 5.82 Å². The lowest BCUT2D eigenvalue weighted by Crippen LogP contribution is -2.06. The number of fused-ring (bicyclic) bond motifs is 1. The summed E-state index contributed by atoms with van der Waals surface area (Å²) in [6.07, 6.45) is 4.12. The molecule has 0 aliphatic heterocycles. The molecule has 0 N–H and O–H groups in total. The van der Waals surface area contributed by atoms with Crippen LogP contribution in [0.25, 0.3) is 28.2 Å². The van der Waals surface area contributed by atoms with Gasteiger partial charge in [-0.3, -0.25) is 4.79 Å². The Labute approximate surface area is 175 Å². The van der Waals surface area contributed by atoms with Crippen LogP contribution >= 0.6 is 11.6 Å².